The lowest BCUT2D eigenvalue weighted by Crippen LogP contribution is -2.29. The first kappa shape index (κ1) is 14.4. The molecule has 0 aliphatic carbocycles. The Kier molecular flexibility index (Phi) is 4.12. The molecule has 2 aromatic rings. The first-order chi connectivity index (χ1) is 9.97. The Morgan fingerprint density at radius 3 is 2.67 bits per heavy atom. The minimum absolute atomic E-state index is 0.0629. The summed E-state index contributed by atoms with van der Waals surface area (Å²) in [6, 6.07) is 0.318. The number of urea groups is 1. The number of hydrogen-bond acceptors (Lipinski definition) is 3. The fraction of sp³-hybridized carbons (Fsp3) is 0.0833. The minimum Gasteiger partial charge on any atom is -0.478 e. The Labute approximate surface area is 117 Å². The van der Waals surface area contributed by atoms with E-state index in [0.29, 0.717) is 18.0 Å². The predicted molar refractivity (Wildman–Crippen MR) is 67.8 cm³/mol. The molecule has 7 nitrogen and oxygen atoms in total. The molecule has 110 valence electrons. The van der Waals surface area contributed by atoms with Crippen molar-refractivity contribution in [1.82, 2.24) is 15.3 Å². The van der Waals surface area contributed by atoms with Gasteiger partial charge in [0.05, 0.1) is 17.8 Å². The van der Waals surface area contributed by atoms with Gasteiger partial charge in [-0.3, -0.25) is 0 Å². The molecule has 2 rings (SSSR count). The smallest absolute Gasteiger partial charge is 0.338 e. The highest BCUT2D eigenvalue weighted by Gasteiger charge is 2.16. The van der Waals surface area contributed by atoms with Gasteiger partial charge in [0.25, 0.3) is 0 Å². The van der Waals surface area contributed by atoms with Gasteiger partial charge in [-0.25, -0.2) is 23.4 Å². The Hall–Kier alpha value is -2.97. The monoisotopic (exact) mass is 296 g/mol. The summed E-state index contributed by atoms with van der Waals surface area (Å²) in [6.45, 7) is 0.0629. The van der Waals surface area contributed by atoms with E-state index in [1.165, 1.54) is 6.20 Å². The molecule has 0 spiro atoms. The molecule has 2 amide bonds. The van der Waals surface area contributed by atoms with Crippen LogP contribution in [-0.4, -0.2) is 27.1 Å². The molecule has 1 aromatic heterocycles. The van der Waals surface area contributed by atoms with Crippen LogP contribution in [0.4, 0.5) is 19.3 Å². The molecular weight excluding hydrogens is 286 g/mol. The van der Waals surface area contributed by atoms with Gasteiger partial charge in [0, 0.05) is 18.5 Å². The number of carboxylic acids is 1. The molecule has 0 saturated heterocycles. The van der Waals surface area contributed by atoms with Gasteiger partial charge in [0.15, 0.2) is 0 Å². The topological polar surface area (TPSA) is 107 Å². The van der Waals surface area contributed by atoms with Crippen molar-refractivity contribution >= 4 is 17.7 Å². The molecule has 0 fully saturated rings. The Morgan fingerprint density at radius 1 is 1.29 bits per heavy atom. The lowest BCUT2D eigenvalue weighted by molar-refractivity contribution is 0.0692. The maximum absolute atomic E-state index is 13.5. The van der Waals surface area contributed by atoms with E-state index in [-0.39, 0.29) is 6.54 Å². The lowest BCUT2D eigenvalue weighted by Gasteiger charge is -2.09. The van der Waals surface area contributed by atoms with Crippen molar-refractivity contribution in [2.45, 2.75) is 6.54 Å². The van der Waals surface area contributed by atoms with Crippen molar-refractivity contribution < 1.29 is 23.5 Å². The number of imidazole rings is 1. The second-order valence-corrected chi connectivity index (χ2v) is 3.96. The molecule has 1 heterocycles. The van der Waals surface area contributed by atoms with Gasteiger partial charge >= 0.3 is 12.0 Å². The quantitative estimate of drug-likeness (QED) is 0.689. The SMILES string of the molecule is O=C(NCc1ncc[nH]1)Nc1cc(C(=O)O)c(F)cc1F. The number of hydrogen-bond donors (Lipinski definition) is 4. The van der Waals surface area contributed by atoms with E-state index >= 15 is 0 Å². The summed E-state index contributed by atoms with van der Waals surface area (Å²) in [7, 11) is 0. The molecule has 4 N–H and O–H groups in total. The number of nitrogens with zero attached hydrogens (tertiary/aromatic N) is 1. The predicted octanol–water partition coefficient (Wildman–Crippen LogP) is 1.71. The number of nitrogens with one attached hydrogen (secondary N) is 3. The number of H-pyrrole nitrogens is 1. The fourth-order valence-electron chi connectivity index (χ4n) is 1.53. The minimum atomic E-state index is -1.56. The van der Waals surface area contributed by atoms with Crippen molar-refractivity contribution in [1.29, 1.82) is 0 Å². The lowest BCUT2D eigenvalue weighted by atomic mass is 10.2. The normalized spacial score (nSPS) is 10.2. The maximum Gasteiger partial charge on any atom is 0.338 e. The van der Waals surface area contributed by atoms with Gasteiger partial charge < -0.3 is 20.7 Å². The maximum atomic E-state index is 13.5. The third kappa shape index (κ3) is 3.53. The molecule has 0 aliphatic heterocycles. The van der Waals surface area contributed by atoms with E-state index in [2.05, 4.69) is 20.6 Å². The molecule has 0 atom stereocenters. The van der Waals surface area contributed by atoms with Crippen molar-refractivity contribution in [3.63, 3.8) is 0 Å². The number of halogens is 2. The Bertz CT molecular complexity index is 673. The van der Waals surface area contributed by atoms with Crippen LogP contribution in [0.2, 0.25) is 0 Å². The van der Waals surface area contributed by atoms with Crippen molar-refractivity contribution in [3.8, 4) is 0 Å². The third-order valence-electron chi connectivity index (χ3n) is 2.51. The highest BCUT2D eigenvalue weighted by molar-refractivity contribution is 5.93. The molecule has 21 heavy (non-hydrogen) atoms. The summed E-state index contributed by atoms with van der Waals surface area (Å²) in [4.78, 5) is 28.9. The zero-order chi connectivity index (χ0) is 15.4. The zero-order valence-corrected chi connectivity index (χ0v) is 10.5. The molecule has 0 saturated carbocycles. The largest absolute Gasteiger partial charge is 0.478 e. The van der Waals surface area contributed by atoms with E-state index < -0.39 is 34.9 Å². The number of carboxylic acid groups (broad SMARTS) is 1. The van der Waals surface area contributed by atoms with Gasteiger partial charge in [-0.2, -0.15) is 0 Å². The fourth-order valence-corrected chi connectivity index (χ4v) is 1.53. The number of anilines is 1. The van der Waals surface area contributed by atoms with Crippen molar-refractivity contribution in [2.75, 3.05) is 5.32 Å². The molecule has 0 radical (unpaired) electrons. The Morgan fingerprint density at radius 2 is 2.05 bits per heavy atom. The van der Waals surface area contributed by atoms with Crippen LogP contribution in [0.3, 0.4) is 0 Å². The van der Waals surface area contributed by atoms with E-state index in [9.17, 15) is 18.4 Å². The number of benzene rings is 1. The molecule has 0 aliphatic rings. The first-order valence-corrected chi connectivity index (χ1v) is 5.73. The van der Waals surface area contributed by atoms with Crippen LogP contribution in [0.1, 0.15) is 16.2 Å². The van der Waals surface area contributed by atoms with Crippen LogP contribution >= 0.6 is 0 Å². The second kappa shape index (κ2) is 5.99. The number of aromatic amines is 1. The number of aromatic nitrogens is 2. The van der Waals surface area contributed by atoms with Gasteiger partial charge in [-0.05, 0) is 6.07 Å². The first-order valence-electron chi connectivity index (χ1n) is 5.73. The number of amides is 2. The highest BCUT2D eigenvalue weighted by atomic mass is 19.1. The summed E-state index contributed by atoms with van der Waals surface area (Å²) in [5.41, 5.74) is -1.18. The van der Waals surface area contributed by atoms with E-state index in [0.717, 1.165) is 0 Å². The number of carbonyl (C=O) groups excluding carboxylic acids is 1. The van der Waals surface area contributed by atoms with Crippen LogP contribution in [0.25, 0.3) is 0 Å². The van der Waals surface area contributed by atoms with Crippen LogP contribution in [-0.2, 0) is 6.54 Å². The van der Waals surface area contributed by atoms with Crippen LogP contribution < -0.4 is 10.6 Å². The number of aromatic carboxylic acids is 1. The van der Waals surface area contributed by atoms with Crippen LogP contribution in [0.15, 0.2) is 24.5 Å². The average molecular weight is 296 g/mol. The molecule has 0 unspecified atom stereocenters. The second-order valence-electron chi connectivity index (χ2n) is 3.96. The summed E-state index contributed by atoms with van der Waals surface area (Å²) >= 11 is 0. The van der Waals surface area contributed by atoms with E-state index in [1.54, 1.807) is 6.20 Å². The number of rotatable bonds is 4. The van der Waals surface area contributed by atoms with Crippen molar-refractivity contribution in [2.24, 2.45) is 0 Å². The molecule has 0 bridgehead atoms. The average Bonchev–Trinajstić information content (AvgIpc) is 2.92. The zero-order valence-electron chi connectivity index (χ0n) is 10.5. The van der Waals surface area contributed by atoms with Gasteiger partial charge in [0.2, 0.25) is 0 Å². The number of carbonyl (C=O) groups is 2. The summed E-state index contributed by atoms with van der Waals surface area (Å²) < 4.78 is 26.7. The van der Waals surface area contributed by atoms with E-state index in [4.69, 9.17) is 5.11 Å². The molecular formula is C12H10F2N4O3. The molecule has 1 aromatic carbocycles. The van der Waals surface area contributed by atoms with Crippen molar-refractivity contribution in [3.05, 3.63) is 47.5 Å². The Balaban J connectivity index is 2.06. The van der Waals surface area contributed by atoms with E-state index in [1.807, 2.05) is 0 Å². The van der Waals surface area contributed by atoms with Gasteiger partial charge in [-0.1, -0.05) is 0 Å². The summed E-state index contributed by atoms with van der Waals surface area (Å²) in [5.74, 6) is -3.38. The van der Waals surface area contributed by atoms with Crippen LogP contribution in [0, 0.1) is 11.6 Å². The molecule has 9 heteroatoms. The highest BCUT2D eigenvalue weighted by Crippen LogP contribution is 2.19. The van der Waals surface area contributed by atoms with Crippen LogP contribution in [0.5, 0.6) is 0 Å². The third-order valence-corrected chi connectivity index (χ3v) is 2.51. The summed E-state index contributed by atoms with van der Waals surface area (Å²) in [5, 5.41) is 13.2. The van der Waals surface area contributed by atoms with Gasteiger partial charge in [0.1, 0.15) is 17.5 Å². The summed E-state index contributed by atoms with van der Waals surface area (Å²) in [6.07, 6.45) is 3.06. The standard InChI is InChI=1S/C12H10F2N4O3/c13-7-4-8(14)9(3-6(7)11(19)20)18-12(21)17-5-10-15-1-2-16-10/h1-4H,5H2,(H,15,16)(H,19,20)(H2,17,18,21). The van der Waals surface area contributed by atoms with Gasteiger partial charge in [-0.15, -0.1) is 0 Å².